The first-order valence-corrected chi connectivity index (χ1v) is 7.59. The normalized spacial score (nSPS) is 25.1. The van der Waals surface area contributed by atoms with Crippen molar-refractivity contribution in [2.75, 3.05) is 14.1 Å². The molecule has 1 unspecified atom stereocenters. The van der Waals surface area contributed by atoms with E-state index in [9.17, 15) is 0 Å². The summed E-state index contributed by atoms with van der Waals surface area (Å²) in [6.07, 6.45) is 7.58. The summed E-state index contributed by atoms with van der Waals surface area (Å²) in [5.41, 5.74) is 1.43. The maximum absolute atomic E-state index is 8.52. The third kappa shape index (κ3) is 3.83. The molecule has 0 spiro atoms. The quantitative estimate of drug-likeness (QED) is 0.501. The molecular weight excluding hydrogens is 248 g/mol. The number of rotatable bonds is 5. The minimum Gasteiger partial charge on any atom is -0.411 e. The predicted molar refractivity (Wildman–Crippen MR) is 83.2 cm³/mol. The molecule has 1 fully saturated rings. The second kappa shape index (κ2) is 7.44. The molecule has 1 aromatic rings. The van der Waals surface area contributed by atoms with Gasteiger partial charge in [-0.05, 0) is 63.6 Å². The smallest absolute Gasteiger partial charge is 0.0438 e. The third-order valence-electron chi connectivity index (χ3n) is 4.56. The van der Waals surface area contributed by atoms with Crippen molar-refractivity contribution in [3.8, 4) is 0 Å². The van der Waals surface area contributed by atoms with E-state index in [1.807, 2.05) is 0 Å². The number of hydrogen-bond acceptors (Lipinski definition) is 3. The average molecular weight is 274 g/mol. The molecule has 2 rings (SSSR count). The van der Waals surface area contributed by atoms with Crippen LogP contribution in [0.4, 0.5) is 0 Å². The SMILES string of the molecule is CN(C)C(c1ccccc1)C1CCC(CC=NO)CC1. The molecule has 3 heteroatoms. The zero-order valence-corrected chi connectivity index (χ0v) is 12.6. The Morgan fingerprint density at radius 1 is 1.20 bits per heavy atom. The largest absolute Gasteiger partial charge is 0.411 e. The first kappa shape index (κ1) is 15.0. The molecule has 3 nitrogen and oxygen atoms in total. The first-order chi connectivity index (χ1) is 9.72. The van der Waals surface area contributed by atoms with Crippen LogP contribution in [0.15, 0.2) is 35.5 Å². The van der Waals surface area contributed by atoms with Crippen molar-refractivity contribution >= 4 is 6.21 Å². The van der Waals surface area contributed by atoms with Gasteiger partial charge in [0, 0.05) is 12.3 Å². The molecule has 0 radical (unpaired) electrons. The van der Waals surface area contributed by atoms with E-state index in [1.54, 1.807) is 6.21 Å². The van der Waals surface area contributed by atoms with Crippen molar-refractivity contribution < 1.29 is 5.21 Å². The Kier molecular flexibility index (Phi) is 5.60. The lowest BCUT2D eigenvalue weighted by Gasteiger charge is -2.37. The van der Waals surface area contributed by atoms with Gasteiger partial charge < -0.3 is 10.1 Å². The van der Waals surface area contributed by atoms with Gasteiger partial charge in [-0.2, -0.15) is 0 Å². The minimum atomic E-state index is 0.517. The zero-order valence-electron chi connectivity index (χ0n) is 12.6. The number of oxime groups is 1. The van der Waals surface area contributed by atoms with Gasteiger partial charge in [-0.25, -0.2) is 0 Å². The van der Waals surface area contributed by atoms with Crippen LogP contribution in [0.1, 0.15) is 43.7 Å². The lowest BCUT2D eigenvalue weighted by molar-refractivity contribution is 0.151. The number of nitrogens with zero attached hydrogens (tertiary/aromatic N) is 2. The van der Waals surface area contributed by atoms with Gasteiger partial charge in [-0.3, -0.25) is 0 Å². The first-order valence-electron chi connectivity index (χ1n) is 7.59. The second-order valence-corrected chi connectivity index (χ2v) is 6.13. The van der Waals surface area contributed by atoms with Gasteiger partial charge in [-0.15, -0.1) is 5.16 Å². The highest BCUT2D eigenvalue weighted by Crippen LogP contribution is 2.39. The van der Waals surface area contributed by atoms with E-state index in [1.165, 1.54) is 31.2 Å². The Labute approximate surface area is 122 Å². The van der Waals surface area contributed by atoms with Crippen LogP contribution in [0.5, 0.6) is 0 Å². The average Bonchev–Trinajstić information content (AvgIpc) is 2.47. The maximum Gasteiger partial charge on any atom is 0.0438 e. The molecule has 1 N–H and O–H groups in total. The summed E-state index contributed by atoms with van der Waals surface area (Å²) >= 11 is 0. The predicted octanol–water partition coefficient (Wildman–Crippen LogP) is 3.95. The summed E-state index contributed by atoms with van der Waals surface area (Å²) in [5.74, 6) is 1.43. The molecule has 1 saturated carbocycles. The fourth-order valence-electron chi connectivity index (χ4n) is 3.58. The monoisotopic (exact) mass is 274 g/mol. The molecule has 0 aromatic heterocycles. The van der Waals surface area contributed by atoms with Crippen LogP contribution < -0.4 is 0 Å². The van der Waals surface area contributed by atoms with E-state index in [-0.39, 0.29) is 0 Å². The third-order valence-corrected chi connectivity index (χ3v) is 4.56. The summed E-state index contributed by atoms with van der Waals surface area (Å²) < 4.78 is 0. The molecular formula is C17H26N2O. The lowest BCUT2D eigenvalue weighted by Crippen LogP contribution is -2.30. The standard InChI is InChI=1S/C17H26N2O/c1-19(2)17(15-6-4-3-5-7-15)16-10-8-14(9-11-16)12-13-18-20/h3-7,13-14,16-17,20H,8-12H2,1-2H3. The van der Waals surface area contributed by atoms with Gasteiger partial charge in [0.15, 0.2) is 0 Å². The summed E-state index contributed by atoms with van der Waals surface area (Å²) in [6.45, 7) is 0. The van der Waals surface area contributed by atoms with Crippen molar-refractivity contribution in [2.45, 2.75) is 38.1 Å². The van der Waals surface area contributed by atoms with Crippen LogP contribution in [0.3, 0.4) is 0 Å². The van der Waals surface area contributed by atoms with E-state index < -0.39 is 0 Å². The number of hydrogen-bond donors (Lipinski definition) is 1. The van der Waals surface area contributed by atoms with Crippen LogP contribution in [0.2, 0.25) is 0 Å². The van der Waals surface area contributed by atoms with Crippen LogP contribution >= 0.6 is 0 Å². The molecule has 1 aromatic carbocycles. The van der Waals surface area contributed by atoms with E-state index in [4.69, 9.17) is 5.21 Å². The van der Waals surface area contributed by atoms with Crippen LogP contribution in [0, 0.1) is 11.8 Å². The molecule has 20 heavy (non-hydrogen) atoms. The van der Waals surface area contributed by atoms with Crippen LogP contribution in [0.25, 0.3) is 0 Å². The second-order valence-electron chi connectivity index (χ2n) is 6.13. The summed E-state index contributed by atoms with van der Waals surface area (Å²) in [6, 6.07) is 11.4. The maximum atomic E-state index is 8.52. The van der Waals surface area contributed by atoms with Gasteiger partial charge in [0.05, 0.1) is 0 Å². The summed E-state index contributed by atoms with van der Waals surface area (Å²) in [5, 5.41) is 11.6. The van der Waals surface area contributed by atoms with E-state index in [2.05, 4.69) is 54.5 Å². The van der Waals surface area contributed by atoms with Crippen molar-refractivity contribution in [3.05, 3.63) is 35.9 Å². The lowest BCUT2D eigenvalue weighted by atomic mass is 9.75. The van der Waals surface area contributed by atoms with Crippen molar-refractivity contribution in [3.63, 3.8) is 0 Å². The van der Waals surface area contributed by atoms with Gasteiger partial charge in [0.1, 0.15) is 0 Å². The van der Waals surface area contributed by atoms with E-state index in [0.29, 0.717) is 12.0 Å². The van der Waals surface area contributed by atoms with Gasteiger partial charge >= 0.3 is 0 Å². The summed E-state index contributed by atoms with van der Waals surface area (Å²) in [7, 11) is 4.37. The van der Waals surface area contributed by atoms with E-state index in [0.717, 1.165) is 12.3 Å². The van der Waals surface area contributed by atoms with Crippen LogP contribution in [-0.2, 0) is 0 Å². The van der Waals surface area contributed by atoms with E-state index >= 15 is 0 Å². The van der Waals surface area contributed by atoms with Crippen molar-refractivity contribution in [2.24, 2.45) is 17.0 Å². The highest BCUT2D eigenvalue weighted by molar-refractivity contribution is 5.56. The fourth-order valence-corrected chi connectivity index (χ4v) is 3.58. The molecule has 0 heterocycles. The highest BCUT2D eigenvalue weighted by Gasteiger charge is 2.29. The minimum absolute atomic E-state index is 0.517. The molecule has 110 valence electrons. The molecule has 0 amide bonds. The Morgan fingerprint density at radius 2 is 1.85 bits per heavy atom. The van der Waals surface area contributed by atoms with Gasteiger partial charge in [0.2, 0.25) is 0 Å². The Morgan fingerprint density at radius 3 is 2.40 bits per heavy atom. The van der Waals surface area contributed by atoms with Gasteiger partial charge in [-0.1, -0.05) is 30.3 Å². The molecule has 1 atom stereocenters. The Bertz CT molecular complexity index is 408. The molecule has 0 aliphatic heterocycles. The van der Waals surface area contributed by atoms with Crippen LogP contribution in [-0.4, -0.2) is 30.4 Å². The molecule has 1 aliphatic rings. The Balaban J connectivity index is 1.99. The number of benzene rings is 1. The fraction of sp³-hybridized carbons (Fsp3) is 0.588. The molecule has 0 saturated heterocycles. The topological polar surface area (TPSA) is 35.8 Å². The zero-order chi connectivity index (χ0) is 14.4. The highest BCUT2D eigenvalue weighted by atomic mass is 16.4. The van der Waals surface area contributed by atoms with Crippen molar-refractivity contribution in [1.29, 1.82) is 0 Å². The van der Waals surface area contributed by atoms with Gasteiger partial charge in [0.25, 0.3) is 0 Å². The Hall–Kier alpha value is -1.35. The molecule has 1 aliphatic carbocycles. The van der Waals surface area contributed by atoms with Crippen molar-refractivity contribution in [1.82, 2.24) is 4.90 Å². The molecule has 0 bridgehead atoms. The summed E-state index contributed by atoms with van der Waals surface area (Å²) in [4.78, 5) is 2.36.